The fourth-order valence-electron chi connectivity index (χ4n) is 3.80. The minimum Gasteiger partial charge on any atom is -0.345 e. The molecule has 0 aliphatic carbocycles. The molecule has 2 saturated heterocycles. The molecule has 2 N–H and O–H groups in total. The van der Waals surface area contributed by atoms with Gasteiger partial charge in [0.15, 0.2) is 0 Å². The van der Waals surface area contributed by atoms with Gasteiger partial charge in [-0.25, -0.2) is 8.42 Å². The standard InChI is InChI=1S/C17H28N4O3S.ClH/c1-19-13-15(25(23,24)20-8-4-2-5-9-20)11-16(19)17(22)21-10-6-3-7-14(21)12-18;/h11,13-14H,2-10,12,18H2,1H3;1H. The summed E-state index contributed by atoms with van der Waals surface area (Å²) >= 11 is 0. The Hall–Kier alpha value is -1.09. The van der Waals surface area contributed by atoms with Crippen LogP contribution in [0, 0.1) is 0 Å². The van der Waals surface area contributed by atoms with Crippen LogP contribution in [0.3, 0.4) is 0 Å². The van der Waals surface area contributed by atoms with Crippen LogP contribution in [0.15, 0.2) is 17.2 Å². The summed E-state index contributed by atoms with van der Waals surface area (Å²) in [4.78, 5) is 15.0. The Balaban J connectivity index is 0.00000243. The van der Waals surface area contributed by atoms with Crippen LogP contribution < -0.4 is 5.73 Å². The largest absolute Gasteiger partial charge is 0.345 e. The minimum atomic E-state index is -3.53. The smallest absolute Gasteiger partial charge is 0.270 e. The number of aromatic nitrogens is 1. The predicted octanol–water partition coefficient (Wildman–Crippen LogP) is 1.57. The molecule has 26 heavy (non-hydrogen) atoms. The van der Waals surface area contributed by atoms with E-state index in [-0.39, 0.29) is 29.3 Å². The van der Waals surface area contributed by atoms with Crippen molar-refractivity contribution < 1.29 is 13.2 Å². The van der Waals surface area contributed by atoms with E-state index >= 15 is 0 Å². The number of carbonyl (C=O) groups excluding carboxylic acids is 1. The summed E-state index contributed by atoms with van der Waals surface area (Å²) in [7, 11) is -1.80. The first-order valence-electron chi connectivity index (χ1n) is 9.12. The van der Waals surface area contributed by atoms with Gasteiger partial charge in [0, 0.05) is 45.5 Å². The van der Waals surface area contributed by atoms with Crippen LogP contribution >= 0.6 is 12.4 Å². The lowest BCUT2D eigenvalue weighted by atomic mass is 10.0. The fraction of sp³-hybridized carbons (Fsp3) is 0.706. The monoisotopic (exact) mass is 404 g/mol. The number of nitrogens with zero attached hydrogens (tertiary/aromatic N) is 3. The van der Waals surface area contributed by atoms with Crippen molar-refractivity contribution in [3.05, 3.63) is 18.0 Å². The van der Waals surface area contributed by atoms with Crippen molar-refractivity contribution in [3.63, 3.8) is 0 Å². The van der Waals surface area contributed by atoms with Crippen molar-refractivity contribution in [1.82, 2.24) is 13.8 Å². The summed E-state index contributed by atoms with van der Waals surface area (Å²) in [6, 6.07) is 1.56. The zero-order valence-corrected chi connectivity index (χ0v) is 16.9. The highest BCUT2D eigenvalue weighted by molar-refractivity contribution is 7.89. The first-order chi connectivity index (χ1) is 11.9. The Kier molecular flexibility index (Phi) is 7.12. The molecule has 1 atom stereocenters. The molecule has 2 fully saturated rings. The van der Waals surface area contributed by atoms with Gasteiger partial charge in [-0.15, -0.1) is 12.4 Å². The highest BCUT2D eigenvalue weighted by Gasteiger charge is 2.31. The third-order valence-corrected chi connectivity index (χ3v) is 7.18. The number of hydrogen-bond donors (Lipinski definition) is 1. The molecule has 2 aliphatic rings. The summed E-state index contributed by atoms with van der Waals surface area (Å²) in [5, 5.41) is 0. The van der Waals surface area contributed by atoms with Crippen molar-refractivity contribution in [1.29, 1.82) is 0 Å². The molecule has 1 unspecified atom stereocenters. The minimum absolute atomic E-state index is 0. The molecular formula is C17H29ClN4O3S. The van der Waals surface area contributed by atoms with Gasteiger partial charge in [-0.3, -0.25) is 4.79 Å². The number of piperidine rings is 2. The highest BCUT2D eigenvalue weighted by Crippen LogP contribution is 2.24. The van der Waals surface area contributed by atoms with Gasteiger partial charge in [0.05, 0.1) is 0 Å². The maximum absolute atomic E-state index is 12.9. The number of nitrogens with two attached hydrogens (primary N) is 1. The van der Waals surface area contributed by atoms with Gasteiger partial charge in [0.25, 0.3) is 5.91 Å². The number of amides is 1. The third kappa shape index (κ3) is 4.08. The van der Waals surface area contributed by atoms with Crippen LogP contribution in [0.4, 0.5) is 0 Å². The maximum atomic E-state index is 12.9. The van der Waals surface area contributed by atoms with Gasteiger partial charge < -0.3 is 15.2 Å². The molecule has 1 aromatic rings. The Morgan fingerprint density at radius 1 is 1.15 bits per heavy atom. The Morgan fingerprint density at radius 3 is 2.46 bits per heavy atom. The Labute approximate surface area is 162 Å². The van der Waals surface area contributed by atoms with E-state index in [0.717, 1.165) is 38.5 Å². The maximum Gasteiger partial charge on any atom is 0.270 e. The SMILES string of the molecule is Cl.Cn1cc(S(=O)(=O)N2CCCCC2)cc1C(=O)N1CCCCC1CN. The summed E-state index contributed by atoms with van der Waals surface area (Å²) in [5.41, 5.74) is 6.23. The van der Waals surface area contributed by atoms with Gasteiger partial charge in [-0.2, -0.15) is 4.31 Å². The average Bonchev–Trinajstić information content (AvgIpc) is 3.04. The molecule has 0 aromatic carbocycles. The van der Waals surface area contributed by atoms with Crippen LogP contribution in [-0.2, 0) is 17.1 Å². The molecule has 3 rings (SSSR count). The lowest BCUT2D eigenvalue weighted by molar-refractivity contribution is 0.0613. The number of halogens is 1. The van der Waals surface area contributed by atoms with E-state index in [9.17, 15) is 13.2 Å². The van der Waals surface area contributed by atoms with Crippen LogP contribution in [0.5, 0.6) is 0 Å². The van der Waals surface area contributed by atoms with E-state index in [0.29, 0.717) is 31.9 Å². The molecule has 7 nitrogen and oxygen atoms in total. The summed E-state index contributed by atoms with van der Waals surface area (Å²) in [6.45, 7) is 2.24. The van der Waals surface area contributed by atoms with Gasteiger partial charge >= 0.3 is 0 Å². The van der Waals surface area contributed by atoms with Crippen molar-refractivity contribution in [3.8, 4) is 0 Å². The zero-order valence-electron chi connectivity index (χ0n) is 15.3. The molecule has 3 heterocycles. The number of hydrogen-bond acceptors (Lipinski definition) is 4. The molecular weight excluding hydrogens is 376 g/mol. The average molecular weight is 405 g/mol. The molecule has 1 aromatic heterocycles. The number of likely N-dealkylation sites (tertiary alicyclic amines) is 1. The molecule has 0 saturated carbocycles. The molecule has 0 bridgehead atoms. The van der Waals surface area contributed by atoms with Gasteiger partial charge in [-0.05, 0) is 38.2 Å². The van der Waals surface area contributed by atoms with Crippen molar-refractivity contribution in [2.45, 2.75) is 49.5 Å². The number of rotatable bonds is 4. The summed E-state index contributed by atoms with van der Waals surface area (Å²) in [6.07, 6.45) is 7.36. The summed E-state index contributed by atoms with van der Waals surface area (Å²) < 4.78 is 28.8. The second kappa shape index (κ2) is 8.73. The molecule has 2 aliphatic heterocycles. The van der Waals surface area contributed by atoms with E-state index in [1.54, 1.807) is 22.7 Å². The number of sulfonamides is 1. The molecule has 0 radical (unpaired) electrons. The Bertz CT molecular complexity index is 728. The molecule has 9 heteroatoms. The van der Waals surface area contributed by atoms with Crippen LogP contribution in [0.25, 0.3) is 0 Å². The topological polar surface area (TPSA) is 88.6 Å². The number of carbonyl (C=O) groups is 1. The quantitative estimate of drug-likeness (QED) is 0.824. The molecule has 0 spiro atoms. The van der Waals surface area contributed by atoms with E-state index in [1.807, 2.05) is 0 Å². The second-order valence-electron chi connectivity index (χ2n) is 7.02. The summed E-state index contributed by atoms with van der Waals surface area (Å²) in [5.74, 6) is -0.127. The van der Waals surface area contributed by atoms with Gasteiger partial charge in [0.2, 0.25) is 10.0 Å². The van der Waals surface area contributed by atoms with Crippen molar-refractivity contribution >= 4 is 28.3 Å². The van der Waals surface area contributed by atoms with Gasteiger partial charge in [0.1, 0.15) is 10.6 Å². The van der Waals surface area contributed by atoms with E-state index < -0.39 is 10.0 Å². The second-order valence-corrected chi connectivity index (χ2v) is 8.96. The first kappa shape index (κ1) is 21.2. The fourth-order valence-corrected chi connectivity index (χ4v) is 5.39. The van der Waals surface area contributed by atoms with Gasteiger partial charge in [-0.1, -0.05) is 6.42 Å². The normalized spacial score (nSPS) is 22.1. The van der Waals surface area contributed by atoms with Crippen molar-refractivity contribution in [2.24, 2.45) is 12.8 Å². The molecule has 148 valence electrons. The lowest BCUT2D eigenvalue weighted by Crippen LogP contribution is -2.47. The third-order valence-electron chi connectivity index (χ3n) is 5.31. The van der Waals surface area contributed by atoms with Crippen LogP contribution in [0.1, 0.15) is 49.0 Å². The predicted molar refractivity (Wildman–Crippen MR) is 103 cm³/mol. The molecule has 1 amide bonds. The van der Waals surface area contributed by atoms with E-state index in [2.05, 4.69) is 0 Å². The van der Waals surface area contributed by atoms with Crippen LogP contribution in [0.2, 0.25) is 0 Å². The van der Waals surface area contributed by atoms with Crippen molar-refractivity contribution in [2.75, 3.05) is 26.2 Å². The number of aryl methyl sites for hydroxylation is 1. The highest BCUT2D eigenvalue weighted by atomic mass is 35.5. The zero-order chi connectivity index (χ0) is 18.0. The van der Waals surface area contributed by atoms with E-state index in [1.165, 1.54) is 10.4 Å². The van der Waals surface area contributed by atoms with E-state index in [4.69, 9.17) is 5.73 Å². The first-order valence-corrected chi connectivity index (χ1v) is 10.6. The van der Waals surface area contributed by atoms with Crippen LogP contribution in [-0.4, -0.2) is 60.3 Å². The Morgan fingerprint density at radius 2 is 1.81 bits per heavy atom. The lowest BCUT2D eigenvalue weighted by Gasteiger charge is -2.35.